The van der Waals surface area contributed by atoms with Crippen molar-refractivity contribution >= 4 is 17.1 Å². The molecular formula is C51H37NO. The topological polar surface area (TPSA) is 12.5 Å². The first-order chi connectivity index (χ1) is 26.0. The van der Waals surface area contributed by atoms with Crippen LogP contribution >= 0.6 is 0 Å². The molecule has 0 saturated carbocycles. The molecule has 0 fully saturated rings. The highest BCUT2D eigenvalue weighted by atomic mass is 16.5. The molecule has 0 aromatic heterocycles. The molecule has 2 heteroatoms. The van der Waals surface area contributed by atoms with E-state index in [4.69, 9.17) is 4.74 Å². The van der Waals surface area contributed by atoms with Crippen LogP contribution in [0.4, 0.5) is 17.1 Å². The Kier molecular flexibility index (Phi) is 7.19. The second kappa shape index (κ2) is 12.3. The number of para-hydroxylation sites is 1. The summed E-state index contributed by atoms with van der Waals surface area (Å²) in [5.41, 5.74) is 17.7. The monoisotopic (exact) mass is 679 g/mol. The summed E-state index contributed by atoms with van der Waals surface area (Å²) in [5, 5.41) is 0. The van der Waals surface area contributed by atoms with Crippen LogP contribution in [0.5, 0.6) is 11.5 Å². The van der Waals surface area contributed by atoms with Gasteiger partial charge in [0.25, 0.3) is 0 Å². The van der Waals surface area contributed by atoms with E-state index in [-0.39, 0.29) is 5.41 Å². The summed E-state index contributed by atoms with van der Waals surface area (Å²) in [7, 11) is 0. The molecule has 0 N–H and O–H groups in total. The zero-order valence-corrected chi connectivity index (χ0v) is 29.8. The molecule has 53 heavy (non-hydrogen) atoms. The Balaban J connectivity index is 1.18. The van der Waals surface area contributed by atoms with Gasteiger partial charge in [-0.05, 0) is 110 Å². The summed E-state index contributed by atoms with van der Waals surface area (Å²) in [5.74, 6) is 1.70. The van der Waals surface area contributed by atoms with Gasteiger partial charge in [-0.2, -0.15) is 0 Å². The molecule has 0 amide bonds. The summed E-state index contributed by atoms with van der Waals surface area (Å²) < 4.78 is 6.76. The van der Waals surface area contributed by atoms with Gasteiger partial charge in [-0.1, -0.05) is 147 Å². The predicted molar refractivity (Wildman–Crippen MR) is 221 cm³/mol. The van der Waals surface area contributed by atoms with Gasteiger partial charge in [0.1, 0.15) is 11.5 Å². The molecule has 0 saturated heterocycles. The van der Waals surface area contributed by atoms with Gasteiger partial charge < -0.3 is 9.64 Å². The number of fused-ring (bicyclic) bond motifs is 8. The third kappa shape index (κ3) is 5.18. The molecule has 1 aliphatic heterocycles. The van der Waals surface area contributed by atoms with Gasteiger partial charge in [0.15, 0.2) is 0 Å². The SMILES string of the molecule is CC1(C)c2ccccc2-c2ccc(N(c3cccc(-c4ccccc4)c3)c3ccc4c(c3)-c3ccc(-c5ccccc5)cc3-c3ccccc3O4)cc21. The fourth-order valence-corrected chi connectivity index (χ4v) is 8.40. The maximum Gasteiger partial charge on any atom is 0.135 e. The highest BCUT2D eigenvalue weighted by molar-refractivity contribution is 5.95. The average molecular weight is 680 g/mol. The second-order valence-electron chi connectivity index (χ2n) is 14.6. The fraction of sp³-hybridized carbons (Fsp3) is 0.0588. The quantitative estimate of drug-likeness (QED) is 0.180. The van der Waals surface area contributed by atoms with Crippen molar-refractivity contribution < 1.29 is 4.74 Å². The van der Waals surface area contributed by atoms with Crippen molar-refractivity contribution in [2.24, 2.45) is 0 Å². The van der Waals surface area contributed by atoms with Crippen LogP contribution in [0.15, 0.2) is 188 Å². The van der Waals surface area contributed by atoms with E-state index < -0.39 is 0 Å². The van der Waals surface area contributed by atoms with Crippen LogP contribution in [0.2, 0.25) is 0 Å². The smallest absolute Gasteiger partial charge is 0.135 e. The fourth-order valence-electron chi connectivity index (χ4n) is 8.40. The largest absolute Gasteiger partial charge is 0.456 e. The molecule has 0 radical (unpaired) electrons. The molecule has 10 rings (SSSR count). The summed E-state index contributed by atoms with van der Waals surface area (Å²) in [4.78, 5) is 2.40. The third-order valence-corrected chi connectivity index (χ3v) is 11.1. The zero-order chi connectivity index (χ0) is 35.5. The van der Waals surface area contributed by atoms with E-state index in [2.05, 4.69) is 201 Å². The Bertz CT molecular complexity index is 2670. The highest BCUT2D eigenvalue weighted by Gasteiger charge is 2.36. The summed E-state index contributed by atoms with van der Waals surface area (Å²) in [6, 6.07) is 67.8. The summed E-state index contributed by atoms with van der Waals surface area (Å²) >= 11 is 0. The van der Waals surface area contributed by atoms with Gasteiger partial charge in [0.05, 0.1) is 0 Å². The molecule has 1 heterocycles. The lowest BCUT2D eigenvalue weighted by molar-refractivity contribution is 0.488. The normalized spacial score (nSPS) is 13.0. The van der Waals surface area contributed by atoms with Crippen molar-refractivity contribution in [3.8, 4) is 67.1 Å². The molecular weight excluding hydrogens is 643 g/mol. The molecule has 0 unspecified atom stereocenters. The lowest BCUT2D eigenvalue weighted by Crippen LogP contribution is -2.16. The third-order valence-electron chi connectivity index (χ3n) is 11.1. The number of benzene rings is 8. The van der Waals surface area contributed by atoms with E-state index in [1.165, 1.54) is 44.5 Å². The van der Waals surface area contributed by atoms with Gasteiger partial charge in [-0.25, -0.2) is 0 Å². The van der Waals surface area contributed by atoms with Crippen LogP contribution in [0.25, 0.3) is 55.6 Å². The number of anilines is 3. The van der Waals surface area contributed by atoms with Gasteiger partial charge in [-0.15, -0.1) is 0 Å². The minimum Gasteiger partial charge on any atom is -0.456 e. The maximum absolute atomic E-state index is 6.76. The molecule has 8 aromatic rings. The van der Waals surface area contributed by atoms with Crippen molar-refractivity contribution in [2.75, 3.05) is 4.90 Å². The summed E-state index contributed by atoms with van der Waals surface area (Å²) in [6.07, 6.45) is 0. The Morgan fingerprint density at radius 1 is 0.340 bits per heavy atom. The lowest BCUT2D eigenvalue weighted by atomic mass is 9.82. The molecule has 252 valence electrons. The van der Waals surface area contributed by atoms with Gasteiger partial charge in [0.2, 0.25) is 0 Å². The van der Waals surface area contributed by atoms with Crippen molar-refractivity contribution in [3.05, 3.63) is 199 Å². The van der Waals surface area contributed by atoms with Gasteiger partial charge in [-0.3, -0.25) is 0 Å². The first-order valence-electron chi connectivity index (χ1n) is 18.3. The Labute approximate surface area is 311 Å². The van der Waals surface area contributed by atoms with Crippen LogP contribution in [-0.4, -0.2) is 0 Å². The van der Waals surface area contributed by atoms with E-state index in [1.54, 1.807) is 0 Å². The van der Waals surface area contributed by atoms with Crippen LogP contribution in [0, 0.1) is 0 Å². The first-order valence-corrected chi connectivity index (χ1v) is 18.3. The van der Waals surface area contributed by atoms with Crippen molar-refractivity contribution in [1.29, 1.82) is 0 Å². The van der Waals surface area contributed by atoms with Gasteiger partial charge in [0, 0.05) is 33.6 Å². The van der Waals surface area contributed by atoms with Crippen LogP contribution in [-0.2, 0) is 5.41 Å². The van der Waals surface area contributed by atoms with E-state index >= 15 is 0 Å². The second-order valence-corrected chi connectivity index (χ2v) is 14.6. The molecule has 1 aliphatic carbocycles. The number of hydrogen-bond acceptors (Lipinski definition) is 2. The maximum atomic E-state index is 6.76. The van der Waals surface area contributed by atoms with Gasteiger partial charge >= 0.3 is 0 Å². The highest BCUT2D eigenvalue weighted by Crippen LogP contribution is 2.52. The molecule has 0 bridgehead atoms. The minimum absolute atomic E-state index is 0.123. The van der Waals surface area contributed by atoms with Crippen LogP contribution in [0.3, 0.4) is 0 Å². The minimum atomic E-state index is -0.123. The number of ether oxygens (including phenoxy) is 1. The van der Waals surface area contributed by atoms with Crippen molar-refractivity contribution in [1.82, 2.24) is 0 Å². The Hall–Kier alpha value is -6.64. The zero-order valence-electron chi connectivity index (χ0n) is 29.8. The number of rotatable bonds is 5. The average Bonchev–Trinajstić information content (AvgIpc) is 3.35. The van der Waals surface area contributed by atoms with E-state index in [1.807, 2.05) is 6.07 Å². The first kappa shape index (κ1) is 31.1. The Morgan fingerprint density at radius 3 is 1.70 bits per heavy atom. The van der Waals surface area contributed by atoms with Crippen LogP contribution in [0.1, 0.15) is 25.0 Å². The number of nitrogens with zero attached hydrogens (tertiary/aromatic N) is 1. The van der Waals surface area contributed by atoms with Crippen LogP contribution < -0.4 is 9.64 Å². The van der Waals surface area contributed by atoms with E-state index in [9.17, 15) is 0 Å². The Morgan fingerprint density at radius 2 is 0.906 bits per heavy atom. The molecule has 0 spiro atoms. The molecule has 0 atom stereocenters. The molecule has 8 aromatic carbocycles. The lowest BCUT2D eigenvalue weighted by Gasteiger charge is -2.29. The number of hydrogen-bond donors (Lipinski definition) is 0. The molecule has 2 nitrogen and oxygen atoms in total. The van der Waals surface area contributed by atoms with E-state index in [0.29, 0.717) is 0 Å². The standard InChI is InChI=1S/C51H37NO/c1-51(2)47-22-11-9-20-42(47)43-28-25-40(33-48(43)51)52(38-19-13-18-36(30-38)34-14-5-3-6-15-34)39-26-29-50-46(32-39)41-27-24-37(35-16-7-4-8-17-35)31-45(41)44-21-10-12-23-49(44)53-50/h3-33H,1-2H3. The molecule has 2 aliphatic rings. The van der Waals surface area contributed by atoms with Crippen molar-refractivity contribution in [3.63, 3.8) is 0 Å². The van der Waals surface area contributed by atoms with E-state index in [0.717, 1.165) is 50.8 Å². The van der Waals surface area contributed by atoms with Crippen molar-refractivity contribution in [2.45, 2.75) is 19.3 Å². The predicted octanol–water partition coefficient (Wildman–Crippen LogP) is 14.2. The summed E-state index contributed by atoms with van der Waals surface area (Å²) in [6.45, 7) is 4.69.